The Morgan fingerprint density at radius 1 is 1.45 bits per heavy atom. The predicted octanol–water partition coefficient (Wildman–Crippen LogP) is 0.937. The van der Waals surface area contributed by atoms with Gasteiger partial charge in [-0.3, -0.25) is 4.57 Å². The van der Waals surface area contributed by atoms with Gasteiger partial charge < -0.3 is 14.5 Å². The molecular formula is C6H13O4P. The second-order valence-corrected chi connectivity index (χ2v) is 5.68. The molecule has 1 atom stereocenters. The lowest BCUT2D eigenvalue weighted by molar-refractivity contribution is 0.185. The molecule has 2 N–H and O–H groups in total. The van der Waals surface area contributed by atoms with Gasteiger partial charge in [-0.1, -0.05) is 20.8 Å². The zero-order chi connectivity index (χ0) is 8.91. The van der Waals surface area contributed by atoms with E-state index in [1.165, 1.54) is 0 Å². The second-order valence-electron chi connectivity index (χ2n) is 3.87. The van der Waals surface area contributed by atoms with Crippen LogP contribution in [0.3, 0.4) is 0 Å². The first kappa shape index (κ1) is 9.20. The standard InChI is InChI=1S/C6H13O4P/c1-5(2,3)6(4-10-6)11(7,8)9/h4H2,1-3H3,(H2,7,8,9). The van der Waals surface area contributed by atoms with Gasteiger partial charge in [0.15, 0.2) is 5.34 Å². The Kier molecular flexibility index (Phi) is 1.74. The summed E-state index contributed by atoms with van der Waals surface area (Å²) in [6.07, 6.45) is 0. The van der Waals surface area contributed by atoms with Crippen molar-refractivity contribution < 1.29 is 19.1 Å². The molecule has 1 fully saturated rings. The fourth-order valence-corrected chi connectivity index (χ4v) is 2.38. The molecule has 0 saturated carbocycles. The normalized spacial score (nSPS) is 32.1. The van der Waals surface area contributed by atoms with Gasteiger partial charge >= 0.3 is 7.60 Å². The third-order valence-electron chi connectivity index (χ3n) is 2.06. The minimum atomic E-state index is -4.10. The Labute approximate surface area is 65.7 Å². The van der Waals surface area contributed by atoms with Crippen molar-refractivity contribution in [1.82, 2.24) is 0 Å². The quantitative estimate of drug-likeness (QED) is 0.465. The molecule has 0 bridgehead atoms. The van der Waals surface area contributed by atoms with E-state index in [4.69, 9.17) is 14.5 Å². The summed E-state index contributed by atoms with van der Waals surface area (Å²) in [5, 5.41) is -1.21. The zero-order valence-electron chi connectivity index (χ0n) is 6.87. The molecule has 0 spiro atoms. The Hall–Kier alpha value is 0.110. The van der Waals surface area contributed by atoms with Crippen LogP contribution in [-0.4, -0.2) is 21.7 Å². The van der Waals surface area contributed by atoms with E-state index in [0.717, 1.165) is 0 Å². The van der Waals surface area contributed by atoms with Crippen molar-refractivity contribution in [3.63, 3.8) is 0 Å². The van der Waals surface area contributed by atoms with Gasteiger partial charge in [0, 0.05) is 5.41 Å². The first-order chi connectivity index (χ1) is 4.71. The molecular weight excluding hydrogens is 167 g/mol. The second kappa shape index (κ2) is 2.07. The van der Waals surface area contributed by atoms with Crippen LogP contribution < -0.4 is 0 Å². The van der Waals surface area contributed by atoms with Crippen molar-refractivity contribution in [1.29, 1.82) is 0 Å². The van der Waals surface area contributed by atoms with E-state index in [9.17, 15) is 4.57 Å². The van der Waals surface area contributed by atoms with Gasteiger partial charge in [-0.25, -0.2) is 0 Å². The number of rotatable bonds is 1. The Morgan fingerprint density at radius 2 is 1.82 bits per heavy atom. The summed E-state index contributed by atoms with van der Waals surface area (Å²) in [6, 6.07) is 0. The molecule has 4 nitrogen and oxygen atoms in total. The fraction of sp³-hybridized carbons (Fsp3) is 1.00. The van der Waals surface area contributed by atoms with E-state index in [0.29, 0.717) is 0 Å². The Bertz CT molecular complexity index is 207. The van der Waals surface area contributed by atoms with Crippen LogP contribution in [0.25, 0.3) is 0 Å². The minimum Gasteiger partial charge on any atom is -0.356 e. The monoisotopic (exact) mass is 180 g/mol. The zero-order valence-corrected chi connectivity index (χ0v) is 7.76. The molecule has 1 heterocycles. The number of ether oxygens (including phenoxy) is 1. The van der Waals surface area contributed by atoms with Gasteiger partial charge in [0.2, 0.25) is 0 Å². The molecule has 1 aliphatic rings. The number of hydrogen-bond donors (Lipinski definition) is 2. The average molecular weight is 180 g/mol. The summed E-state index contributed by atoms with van der Waals surface area (Å²) >= 11 is 0. The minimum absolute atomic E-state index is 0.167. The first-order valence-corrected chi connectivity index (χ1v) is 5.01. The van der Waals surface area contributed by atoms with Crippen LogP contribution in [0.4, 0.5) is 0 Å². The highest BCUT2D eigenvalue weighted by Gasteiger charge is 2.66. The van der Waals surface area contributed by atoms with Crippen molar-refractivity contribution in [2.45, 2.75) is 26.1 Å². The van der Waals surface area contributed by atoms with E-state index in [-0.39, 0.29) is 6.61 Å². The summed E-state index contributed by atoms with van der Waals surface area (Å²) in [5.41, 5.74) is -0.494. The lowest BCUT2D eigenvalue weighted by atomic mass is 9.92. The molecule has 1 aliphatic heterocycles. The largest absolute Gasteiger partial charge is 0.360 e. The van der Waals surface area contributed by atoms with E-state index in [1.54, 1.807) is 20.8 Å². The molecule has 0 amide bonds. The maximum Gasteiger partial charge on any atom is 0.360 e. The molecule has 0 aromatic rings. The lowest BCUT2D eigenvalue weighted by Crippen LogP contribution is -2.29. The lowest BCUT2D eigenvalue weighted by Gasteiger charge is -2.27. The van der Waals surface area contributed by atoms with Crippen LogP contribution in [0, 0.1) is 5.41 Å². The topological polar surface area (TPSA) is 70.1 Å². The smallest absolute Gasteiger partial charge is 0.356 e. The van der Waals surface area contributed by atoms with Gasteiger partial charge in [-0.05, 0) is 0 Å². The Morgan fingerprint density at radius 3 is 1.82 bits per heavy atom. The highest BCUT2D eigenvalue weighted by Crippen LogP contribution is 2.66. The van der Waals surface area contributed by atoms with Gasteiger partial charge in [-0.15, -0.1) is 0 Å². The summed E-state index contributed by atoms with van der Waals surface area (Å²) in [5.74, 6) is 0. The number of epoxide rings is 1. The predicted molar refractivity (Wildman–Crippen MR) is 40.2 cm³/mol. The number of hydrogen-bond acceptors (Lipinski definition) is 2. The molecule has 11 heavy (non-hydrogen) atoms. The van der Waals surface area contributed by atoms with E-state index >= 15 is 0 Å². The van der Waals surface area contributed by atoms with Crippen molar-refractivity contribution in [2.75, 3.05) is 6.61 Å². The summed E-state index contributed by atoms with van der Waals surface area (Å²) in [7, 11) is -4.10. The molecule has 66 valence electrons. The SMILES string of the molecule is CC(C)(C)C1(P(=O)(O)O)CO1. The van der Waals surface area contributed by atoms with Gasteiger partial charge in [-0.2, -0.15) is 0 Å². The Balaban J connectivity index is 2.95. The molecule has 5 heteroatoms. The maximum absolute atomic E-state index is 10.9. The van der Waals surface area contributed by atoms with E-state index < -0.39 is 18.4 Å². The third kappa shape index (κ3) is 1.25. The summed E-state index contributed by atoms with van der Waals surface area (Å²) in [6.45, 7) is 5.46. The summed E-state index contributed by atoms with van der Waals surface area (Å²) < 4.78 is 15.8. The van der Waals surface area contributed by atoms with Gasteiger partial charge in [0.05, 0.1) is 6.61 Å². The average Bonchev–Trinajstić information content (AvgIpc) is 2.31. The van der Waals surface area contributed by atoms with Crippen molar-refractivity contribution in [3.05, 3.63) is 0 Å². The fourth-order valence-electron chi connectivity index (χ4n) is 1.11. The van der Waals surface area contributed by atoms with Crippen LogP contribution in [0.2, 0.25) is 0 Å². The molecule has 1 saturated heterocycles. The van der Waals surface area contributed by atoms with Crippen LogP contribution in [0.5, 0.6) is 0 Å². The molecule has 1 unspecified atom stereocenters. The van der Waals surface area contributed by atoms with Crippen LogP contribution in [-0.2, 0) is 9.30 Å². The van der Waals surface area contributed by atoms with E-state index in [1.807, 2.05) is 0 Å². The summed E-state index contributed by atoms with van der Waals surface area (Å²) in [4.78, 5) is 17.9. The van der Waals surface area contributed by atoms with Crippen molar-refractivity contribution in [3.8, 4) is 0 Å². The molecule has 0 aromatic carbocycles. The maximum atomic E-state index is 10.9. The molecule has 1 rings (SSSR count). The highest BCUT2D eigenvalue weighted by atomic mass is 31.2. The van der Waals surface area contributed by atoms with E-state index in [2.05, 4.69) is 0 Å². The third-order valence-corrected chi connectivity index (χ3v) is 3.93. The molecule has 0 aromatic heterocycles. The van der Waals surface area contributed by atoms with Crippen molar-refractivity contribution in [2.24, 2.45) is 5.41 Å². The van der Waals surface area contributed by atoms with Crippen LogP contribution in [0.1, 0.15) is 20.8 Å². The molecule has 0 radical (unpaired) electrons. The molecule has 0 aliphatic carbocycles. The van der Waals surface area contributed by atoms with Crippen LogP contribution in [0.15, 0.2) is 0 Å². The van der Waals surface area contributed by atoms with Gasteiger partial charge in [0.25, 0.3) is 0 Å². The van der Waals surface area contributed by atoms with Crippen molar-refractivity contribution >= 4 is 7.60 Å². The van der Waals surface area contributed by atoms with Crippen LogP contribution >= 0.6 is 7.60 Å². The first-order valence-electron chi connectivity index (χ1n) is 3.40. The van der Waals surface area contributed by atoms with Gasteiger partial charge in [0.1, 0.15) is 0 Å². The highest BCUT2D eigenvalue weighted by molar-refractivity contribution is 7.53.